The van der Waals surface area contributed by atoms with Gasteiger partial charge in [-0.25, -0.2) is 9.97 Å². The van der Waals surface area contributed by atoms with Gasteiger partial charge in [-0.1, -0.05) is 338 Å². The molecule has 8 heterocycles. The van der Waals surface area contributed by atoms with Crippen LogP contribution in [0.2, 0.25) is 0 Å². The largest absolute Gasteiger partial charge is 0.381 e. The van der Waals surface area contributed by atoms with E-state index in [0.717, 1.165) is 78.4 Å². The summed E-state index contributed by atoms with van der Waals surface area (Å²) < 4.78 is 8.62. The molecule has 8 aromatic rings. The summed E-state index contributed by atoms with van der Waals surface area (Å²) in [6.45, 7) is 24.3. The number of amides is 2. The molecule has 0 fully saturated rings. The zero-order valence-corrected chi connectivity index (χ0v) is 75.1. The molecule has 13 heteroatoms. The van der Waals surface area contributed by atoms with E-state index in [1.807, 2.05) is 56.7 Å². The molecular formula is C95H143N3O3S7. The number of thiazole rings is 2. The molecule has 3 atom stereocenters. The monoisotopic (exact) mass is 1600 g/mol. The van der Waals surface area contributed by atoms with E-state index in [4.69, 9.17) is 14.7 Å². The van der Waals surface area contributed by atoms with Crippen LogP contribution in [0.3, 0.4) is 0 Å². The van der Waals surface area contributed by atoms with Gasteiger partial charge in [0.15, 0.2) is 0 Å². The predicted octanol–water partition coefficient (Wildman–Crippen LogP) is 33.8. The average Bonchev–Trinajstić information content (AvgIpc) is 1.57. The lowest BCUT2D eigenvalue weighted by Crippen LogP contribution is -2.32. The minimum absolute atomic E-state index is 0.148. The number of unbranched alkanes of at least 4 members (excludes halogenated alkanes) is 33. The standard InChI is InChI=1S/C95H143N3O3S7/c1-11-18-23-27-31-35-37-41-45-49-55-72(53-47-43-39-33-29-25-20-13-3)67-74-58-61-79(103-74)91-96-85-81(76-60-57-70(8)102-76)88-86(97-92(107-88)80-62-59-75(104-80)68-73(54-48-44-40-34-30-26-21-14-4)56-50-46-42-38-36-32-28-24-19-12-2)82(89(85)108-91)77-63-64-78(105-77)87-83-84(90(106-87)95(9,10)17-7)94(100)98(93(83)99)65-51-66-101-69-71(16-6)52-22-15-5/h57-64,71-73H,11-56,65-69H2,1-10H3. The first-order chi connectivity index (χ1) is 52.8. The Balaban J connectivity index is 1.06. The Labute approximate surface area is 685 Å². The quantitative estimate of drug-likeness (QED) is 0.0281. The Morgan fingerprint density at radius 3 is 1.17 bits per heavy atom. The molecule has 9 rings (SSSR count). The highest BCUT2D eigenvalue weighted by molar-refractivity contribution is 7.29. The maximum Gasteiger partial charge on any atom is 0.263 e. The molecule has 0 radical (unpaired) electrons. The van der Waals surface area contributed by atoms with Crippen LogP contribution >= 0.6 is 79.4 Å². The highest BCUT2D eigenvalue weighted by Crippen LogP contribution is 2.55. The number of imide groups is 1. The fourth-order valence-corrected chi connectivity index (χ4v) is 24.8. The zero-order valence-electron chi connectivity index (χ0n) is 69.3. The summed E-state index contributed by atoms with van der Waals surface area (Å²) in [5, 5.41) is 2.17. The second kappa shape index (κ2) is 48.7. The minimum Gasteiger partial charge on any atom is -0.381 e. The van der Waals surface area contributed by atoms with Crippen LogP contribution in [0.5, 0.6) is 0 Å². The first-order valence-electron chi connectivity index (χ1n) is 44.6. The van der Waals surface area contributed by atoms with Crippen molar-refractivity contribution < 1.29 is 14.3 Å². The zero-order chi connectivity index (χ0) is 76.3. The summed E-state index contributed by atoms with van der Waals surface area (Å²) in [4.78, 5) is 55.4. The van der Waals surface area contributed by atoms with Gasteiger partial charge < -0.3 is 4.74 Å². The molecule has 0 bridgehead atoms. The molecule has 0 saturated heterocycles. The SMILES string of the molecule is CCCCCCCCCCCCC(CCCCCCCCCC)Cc1ccc(-c2nc3c(-c4ccc(-c5sc(C(C)(C)CC)c6c5C(=O)N(CCCOCC(CC)CCCC)C6=O)s4)c4sc(-c5ccc(CC(CCCCCCCCCC)CCCCCCCCCCCC)s5)nc4c(-c4ccc(C)s4)c3s2)s1. The third-order valence-electron chi connectivity index (χ3n) is 23.7. The molecule has 3 unspecified atom stereocenters. The number of benzene rings is 1. The number of aromatic nitrogens is 2. The van der Waals surface area contributed by atoms with E-state index in [1.165, 1.54) is 325 Å². The summed E-state index contributed by atoms with van der Waals surface area (Å²) in [6.07, 6.45) is 63.3. The molecule has 0 saturated carbocycles. The number of fused-ring (bicyclic) bond motifs is 3. The molecule has 0 aliphatic carbocycles. The van der Waals surface area contributed by atoms with Gasteiger partial charge in [0.1, 0.15) is 10.0 Å². The van der Waals surface area contributed by atoms with Crippen molar-refractivity contribution in [3.8, 4) is 50.4 Å². The molecule has 0 N–H and O–H groups in total. The van der Waals surface area contributed by atoms with Gasteiger partial charge in [-0.05, 0) is 111 Å². The molecule has 0 spiro atoms. The van der Waals surface area contributed by atoms with E-state index in [0.29, 0.717) is 48.5 Å². The molecule has 7 aromatic heterocycles. The van der Waals surface area contributed by atoms with Crippen LogP contribution in [0, 0.1) is 24.7 Å². The van der Waals surface area contributed by atoms with E-state index < -0.39 is 0 Å². The van der Waals surface area contributed by atoms with E-state index in [9.17, 15) is 4.79 Å². The average molecular weight is 1600 g/mol. The van der Waals surface area contributed by atoms with Crippen molar-refractivity contribution in [2.24, 2.45) is 17.8 Å². The number of thiophene rings is 5. The number of hydrogen-bond acceptors (Lipinski definition) is 12. The fraction of sp³-hybridized carbons (Fsp3) is 0.684. The van der Waals surface area contributed by atoms with E-state index in [2.05, 4.69) is 118 Å². The molecule has 6 nitrogen and oxygen atoms in total. The third kappa shape index (κ3) is 26.6. The summed E-state index contributed by atoms with van der Waals surface area (Å²) in [5.41, 5.74) is 5.36. The van der Waals surface area contributed by atoms with Crippen molar-refractivity contribution >= 4 is 112 Å². The number of carbonyl (C=O) groups excluding carboxylic acids is 2. The third-order valence-corrected chi connectivity index (χ3v) is 32.3. The van der Waals surface area contributed by atoms with Gasteiger partial charge in [0.2, 0.25) is 0 Å². The number of ether oxygens (including phenoxy) is 1. The van der Waals surface area contributed by atoms with Gasteiger partial charge in [-0.2, -0.15) is 0 Å². The van der Waals surface area contributed by atoms with E-state index >= 15 is 4.79 Å². The van der Waals surface area contributed by atoms with Gasteiger partial charge in [-0.3, -0.25) is 14.5 Å². The Bertz CT molecular complexity index is 3700. The molecule has 2 amide bonds. The van der Waals surface area contributed by atoms with Crippen molar-refractivity contribution in [3.63, 3.8) is 0 Å². The summed E-state index contributed by atoms with van der Waals surface area (Å²) in [6, 6.07) is 18.9. The van der Waals surface area contributed by atoms with Crippen molar-refractivity contribution in [3.05, 3.63) is 79.2 Å². The van der Waals surface area contributed by atoms with Crippen LogP contribution in [0.15, 0.2) is 48.5 Å². The number of rotatable bonds is 61. The Morgan fingerprint density at radius 2 is 0.759 bits per heavy atom. The molecule has 598 valence electrons. The summed E-state index contributed by atoms with van der Waals surface area (Å²) in [5.74, 6) is 1.65. The fourth-order valence-electron chi connectivity index (χ4n) is 16.5. The topological polar surface area (TPSA) is 72.4 Å². The van der Waals surface area contributed by atoms with Crippen LogP contribution in [0.4, 0.5) is 0 Å². The van der Waals surface area contributed by atoms with Crippen LogP contribution in [-0.4, -0.2) is 46.4 Å². The van der Waals surface area contributed by atoms with Gasteiger partial charge in [0.05, 0.1) is 46.2 Å². The first kappa shape index (κ1) is 88.5. The second-order valence-electron chi connectivity index (χ2n) is 33.2. The van der Waals surface area contributed by atoms with Crippen LogP contribution < -0.4 is 0 Å². The lowest BCUT2D eigenvalue weighted by molar-refractivity contribution is 0.0600. The number of aryl methyl sites for hydroxylation is 1. The van der Waals surface area contributed by atoms with Crippen molar-refractivity contribution in [2.75, 3.05) is 19.8 Å². The van der Waals surface area contributed by atoms with Crippen molar-refractivity contribution in [1.82, 2.24) is 14.9 Å². The summed E-state index contributed by atoms with van der Waals surface area (Å²) >= 11 is 13.0. The second-order valence-corrected chi connectivity index (χ2v) is 40.9. The van der Waals surface area contributed by atoms with Gasteiger partial charge in [0.25, 0.3) is 11.8 Å². The van der Waals surface area contributed by atoms with Crippen LogP contribution in [-0.2, 0) is 23.0 Å². The maximum atomic E-state index is 15.1. The lowest BCUT2D eigenvalue weighted by atomic mass is 9.85. The Hall–Kier alpha value is -3.40. The van der Waals surface area contributed by atoms with Crippen molar-refractivity contribution in [1.29, 1.82) is 0 Å². The normalized spacial score (nSPS) is 13.6. The minimum atomic E-state index is -0.300. The smallest absolute Gasteiger partial charge is 0.263 e. The summed E-state index contributed by atoms with van der Waals surface area (Å²) in [7, 11) is 0. The number of carbonyl (C=O) groups is 2. The number of nitrogens with zero attached hydrogens (tertiary/aromatic N) is 3. The van der Waals surface area contributed by atoms with Gasteiger partial charge in [-0.15, -0.1) is 79.4 Å². The molecule has 1 aliphatic heterocycles. The van der Waals surface area contributed by atoms with Crippen LogP contribution in [0.1, 0.15) is 398 Å². The number of hydrogen-bond donors (Lipinski definition) is 0. The maximum absolute atomic E-state index is 15.1. The van der Waals surface area contributed by atoms with E-state index in [-0.39, 0.29) is 17.2 Å². The lowest BCUT2D eigenvalue weighted by Gasteiger charge is -2.23. The highest BCUT2D eigenvalue weighted by atomic mass is 32.1. The first-order valence-corrected chi connectivity index (χ1v) is 50.3. The van der Waals surface area contributed by atoms with E-state index in [1.54, 1.807) is 22.7 Å². The van der Waals surface area contributed by atoms with Gasteiger partial charge >= 0.3 is 0 Å². The highest BCUT2D eigenvalue weighted by Gasteiger charge is 2.45. The molecule has 1 aliphatic rings. The Kier molecular flexibility index (Phi) is 40.0. The van der Waals surface area contributed by atoms with Crippen molar-refractivity contribution in [2.45, 2.75) is 383 Å². The molecular weight excluding hydrogens is 1460 g/mol. The predicted molar refractivity (Wildman–Crippen MR) is 483 cm³/mol. The Morgan fingerprint density at radius 1 is 0.380 bits per heavy atom. The van der Waals surface area contributed by atoms with Gasteiger partial charge in [0, 0.05) is 65.0 Å². The molecule has 1 aromatic carbocycles. The molecule has 108 heavy (non-hydrogen) atoms. The van der Waals surface area contributed by atoms with Crippen LogP contribution in [0.25, 0.3) is 70.8 Å².